The standard InChI is InChI=1S/C19H23N3O3/c1-3-4-10-21-17(23)15-11-16(18(24)20-2)19(25)22(13-15)12-14-8-6-5-7-9-14/h5-9,11,13H,3-4,10,12H2,1-2H3,(H,20,24)(H,21,23). The molecule has 2 N–H and O–H groups in total. The average Bonchev–Trinajstić information content (AvgIpc) is 2.63. The Morgan fingerprint density at radius 1 is 1.12 bits per heavy atom. The molecule has 0 unspecified atom stereocenters. The van der Waals surface area contributed by atoms with Crippen LogP contribution in [-0.2, 0) is 6.54 Å². The molecule has 1 heterocycles. The predicted molar refractivity (Wildman–Crippen MR) is 96.9 cm³/mol. The molecule has 25 heavy (non-hydrogen) atoms. The summed E-state index contributed by atoms with van der Waals surface area (Å²) in [6.45, 7) is 2.89. The smallest absolute Gasteiger partial charge is 0.263 e. The fraction of sp³-hybridized carbons (Fsp3) is 0.316. The number of nitrogens with one attached hydrogen (secondary N) is 2. The lowest BCUT2D eigenvalue weighted by atomic mass is 10.1. The highest BCUT2D eigenvalue weighted by Crippen LogP contribution is 2.06. The molecule has 0 aliphatic carbocycles. The number of benzene rings is 1. The van der Waals surface area contributed by atoms with Crippen molar-refractivity contribution in [3.63, 3.8) is 0 Å². The van der Waals surface area contributed by atoms with Gasteiger partial charge < -0.3 is 15.2 Å². The maximum atomic E-state index is 12.6. The zero-order valence-corrected chi connectivity index (χ0v) is 14.5. The molecule has 0 fully saturated rings. The van der Waals surface area contributed by atoms with Gasteiger partial charge in [0.2, 0.25) is 0 Å². The molecule has 0 aliphatic heterocycles. The molecule has 6 nitrogen and oxygen atoms in total. The lowest BCUT2D eigenvalue weighted by Crippen LogP contribution is -2.34. The quantitative estimate of drug-likeness (QED) is 0.754. The zero-order chi connectivity index (χ0) is 18.2. The van der Waals surface area contributed by atoms with Crippen LogP contribution in [-0.4, -0.2) is 30.0 Å². The molecular formula is C19H23N3O3. The highest BCUT2D eigenvalue weighted by Gasteiger charge is 2.16. The van der Waals surface area contributed by atoms with Gasteiger partial charge in [-0.3, -0.25) is 14.4 Å². The second-order valence-corrected chi connectivity index (χ2v) is 5.75. The van der Waals surface area contributed by atoms with Crippen molar-refractivity contribution in [2.45, 2.75) is 26.3 Å². The lowest BCUT2D eigenvalue weighted by molar-refractivity contribution is 0.0952. The largest absolute Gasteiger partial charge is 0.355 e. The lowest BCUT2D eigenvalue weighted by Gasteiger charge is -2.12. The number of hydrogen-bond acceptors (Lipinski definition) is 3. The molecular weight excluding hydrogens is 318 g/mol. The molecule has 0 saturated carbocycles. The van der Waals surface area contributed by atoms with Crippen LogP contribution in [0, 0.1) is 0 Å². The summed E-state index contributed by atoms with van der Waals surface area (Å²) in [5, 5.41) is 5.26. The van der Waals surface area contributed by atoms with Crippen molar-refractivity contribution >= 4 is 11.8 Å². The summed E-state index contributed by atoms with van der Waals surface area (Å²) < 4.78 is 1.40. The Balaban J connectivity index is 2.39. The molecule has 0 radical (unpaired) electrons. The SMILES string of the molecule is CCCCNC(=O)c1cc(C(=O)NC)c(=O)n(Cc2ccccc2)c1. The van der Waals surface area contributed by atoms with E-state index in [1.165, 1.54) is 23.9 Å². The Bertz CT molecular complexity index is 797. The van der Waals surface area contributed by atoms with Crippen molar-refractivity contribution in [1.82, 2.24) is 15.2 Å². The van der Waals surface area contributed by atoms with Gasteiger partial charge in [0.1, 0.15) is 5.56 Å². The Morgan fingerprint density at radius 3 is 2.48 bits per heavy atom. The topological polar surface area (TPSA) is 80.2 Å². The third-order valence-electron chi connectivity index (χ3n) is 3.83. The minimum Gasteiger partial charge on any atom is -0.355 e. The summed E-state index contributed by atoms with van der Waals surface area (Å²) in [6.07, 6.45) is 3.35. The van der Waals surface area contributed by atoms with Crippen LogP contribution in [0.25, 0.3) is 0 Å². The van der Waals surface area contributed by atoms with E-state index in [2.05, 4.69) is 10.6 Å². The second-order valence-electron chi connectivity index (χ2n) is 5.75. The number of carbonyl (C=O) groups is 2. The summed E-state index contributed by atoms with van der Waals surface area (Å²) in [6, 6.07) is 10.8. The van der Waals surface area contributed by atoms with Crippen molar-refractivity contribution in [2.24, 2.45) is 0 Å². The predicted octanol–water partition coefficient (Wildman–Crippen LogP) is 1.79. The number of carbonyl (C=O) groups excluding carboxylic acids is 2. The Labute approximate surface area is 146 Å². The van der Waals surface area contributed by atoms with Crippen molar-refractivity contribution in [3.8, 4) is 0 Å². The molecule has 1 aromatic carbocycles. The molecule has 2 aromatic rings. The molecule has 0 aliphatic rings. The fourth-order valence-corrected chi connectivity index (χ4v) is 2.44. The van der Waals surface area contributed by atoms with Crippen LogP contribution >= 0.6 is 0 Å². The Hall–Kier alpha value is -2.89. The molecule has 0 saturated heterocycles. The van der Waals surface area contributed by atoms with Gasteiger partial charge in [0.15, 0.2) is 0 Å². The van der Waals surface area contributed by atoms with Gasteiger partial charge in [-0.15, -0.1) is 0 Å². The van der Waals surface area contributed by atoms with E-state index in [0.29, 0.717) is 18.7 Å². The van der Waals surface area contributed by atoms with Gasteiger partial charge in [0.25, 0.3) is 17.4 Å². The Kier molecular flexibility index (Phi) is 6.51. The molecule has 6 heteroatoms. The van der Waals surface area contributed by atoms with E-state index in [1.807, 2.05) is 37.3 Å². The minimum atomic E-state index is -0.505. The summed E-state index contributed by atoms with van der Waals surface area (Å²) in [7, 11) is 1.46. The molecule has 0 spiro atoms. The van der Waals surface area contributed by atoms with Crippen LogP contribution in [0.15, 0.2) is 47.4 Å². The van der Waals surface area contributed by atoms with Crippen LogP contribution < -0.4 is 16.2 Å². The van der Waals surface area contributed by atoms with E-state index >= 15 is 0 Å². The number of nitrogens with zero attached hydrogens (tertiary/aromatic N) is 1. The highest BCUT2D eigenvalue weighted by molar-refractivity contribution is 5.99. The van der Waals surface area contributed by atoms with Crippen molar-refractivity contribution in [2.75, 3.05) is 13.6 Å². The summed E-state index contributed by atoms with van der Waals surface area (Å²) in [4.78, 5) is 36.9. The maximum Gasteiger partial charge on any atom is 0.263 e. The number of amides is 2. The fourth-order valence-electron chi connectivity index (χ4n) is 2.44. The molecule has 1 aromatic heterocycles. The molecule has 0 atom stereocenters. The number of pyridine rings is 1. The summed E-state index contributed by atoms with van der Waals surface area (Å²) >= 11 is 0. The van der Waals surface area contributed by atoms with Crippen LogP contribution in [0.4, 0.5) is 0 Å². The summed E-state index contributed by atoms with van der Waals surface area (Å²) in [5.74, 6) is -0.796. The Morgan fingerprint density at radius 2 is 1.84 bits per heavy atom. The minimum absolute atomic E-state index is 0.0402. The zero-order valence-electron chi connectivity index (χ0n) is 14.5. The van der Waals surface area contributed by atoms with E-state index in [-0.39, 0.29) is 11.5 Å². The van der Waals surface area contributed by atoms with E-state index in [0.717, 1.165) is 18.4 Å². The van der Waals surface area contributed by atoms with Crippen LogP contribution in [0.5, 0.6) is 0 Å². The van der Waals surface area contributed by atoms with Crippen LogP contribution in [0.1, 0.15) is 46.0 Å². The third kappa shape index (κ3) is 4.79. The van der Waals surface area contributed by atoms with Gasteiger partial charge >= 0.3 is 0 Å². The molecule has 2 rings (SSSR count). The first-order valence-corrected chi connectivity index (χ1v) is 8.35. The monoisotopic (exact) mass is 341 g/mol. The van der Waals surface area contributed by atoms with Crippen LogP contribution in [0.2, 0.25) is 0 Å². The molecule has 2 amide bonds. The second kappa shape index (κ2) is 8.82. The molecule has 0 bridgehead atoms. The first-order valence-electron chi connectivity index (χ1n) is 8.35. The normalized spacial score (nSPS) is 10.3. The first-order chi connectivity index (χ1) is 12.1. The van der Waals surface area contributed by atoms with Crippen molar-refractivity contribution in [3.05, 3.63) is 69.6 Å². The van der Waals surface area contributed by atoms with Gasteiger partial charge in [-0.1, -0.05) is 43.7 Å². The highest BCUT2D eigenvalue weighted by atomic mass is 16.2. The van der Waals surface area contributed by atoms with E-state index in [1.54, 1.807) is 0 Å². The van der Waals surface area contributed by atoms with E-state index in [9.17, 15) is 14.4 Å². The molecule has 132 valence electrons. The first kappa shape index (κ1) is 18.4. The van der Waals surface area contributed by atoms with Gasteiger partial charge in [0, 0.05) is 19.8 Å². The van der Waals surface area contributed by atoms with Crippen molar-refractivity contribution < 1.29 is 9.59 Å². The number of aromatic nitrogens is 1. The third-order valence-corrected chi connectivity index (χ3v) is 3.83. The average molecular weight is 341 g/mol. The van der Waals surface area contributed by atoms with Gasteiger partial charge in [-0.25, -0.2) is 0 Å². The van der Waals surface area contributed by atoms with E-state index < -0.39 is 11.5 Å². The van der Waals surface area contributed by atoms with Crippen LogP contribution in [0.3, 0.4) is 0 Å². The number of rotatable bonds is 7. The maximum absolute atomic E-state index is 12.6. The van der Waals surface area contributed by atoms with Gasteiger partial charge in [-0.05, 0) is 18.1 Å². The summed E-state index contributed by atoms with van der Waals surface area (Å²) in [5.41, 5.74) is 0.746. The van der Waals surface area contributed by atoms with E-state index in [4.69, 9.17) is 0 Å². The van der Waals surface area contributed by atoms with Gasteiger partial charge in [0.05, 0.1) is 12.1 Å². The van der Waals surface area contributed by atoms with Crippen molar-refractivity contribution in [1.29, 1.82) is 0 Å². The number of hydrogen-bond donors (Lipinski definition) is 2. The number of unbranched alkanes of at least 4 members (excludes halogenated alkanes) is 1. The van der Waals surface area contributed by atoms with Gasteiger partial charge in [-0.2, -0.15) is 0 Å².